The molecular weight excluding hydrogens is 344 g/mol. The van der Waals surface area contributed by atoms with Crippen LogP contribution < -0.4 is 14.9 Å². The predicted octanol–water partition coefficient (Wildman–Crippen LogP) is 2.54. The van der Waals surface area contributed by atoms with Gasteiger partial charge in [0.1, 0.15) is 5.82 Å². The number of carbonyl (C=O) groups is 1. The number of hydrogen-bond acceptors (Lipinski definition) is 8. The zero-order chi connectivity index (χ0) is 19.1. The first kappa shape index (κ1) is 18.6. The zero-order valence-corrected chi connectivity index (χ0v) is 14.0. The Balaban J connectivity index is 2.22. The molecule has 2 aromatic rings. The minimum absolute atomic E-state index is 0.0476. The van der Waals surface area contributed by atoms with E-state index in [-0.39, 0.29) is 29.4 Å². The average Bonchev–Trinajstić information content (AvgIpc) is 2.62. The number of hydrazone groups is 1. The SMILES string of the molecule is CCOc1c(OC)cc(/C=N/Nc2ccc(C(=O)O)cn2)cc1[N+](=O)[O-]. The van der Waals surface area contributed by atoms with Gasteiger partial charge in [0.05, 0.1) is 30.4 Å². The molecule has 0 unspecified atom stereocenters. The number of benzene rings is 1. The molecule has 0 aliphatic heterocycles. The Morgan fingerprint density at radius 2 is 2.23 bits per heavy atom. The van der Waals surface area contributed by atoms with Crippen molar-refractivity contribution < 1.29 is 24.3 Å². The number of ether oxygens (including phenoxy) is 2. The first-order chi connectivity index (χ1) is 12.5. The lowest BCUT2D eigenvalue weighted by Gasteiger charge is -2.10. The van der Waals surface area contributed by atoms with Crippen LogP contribution in [0, 0.1) is 10.1 Å². The topological polar surface area (TPSA) is 136 Å². The van der Waals surface area contributed by atoms with E-state index in [4.69, 9.17) is 14.6 Å². The van der Waals surface area contributed by atoms with Crippen molar-refractivity contribution in [2.45, 2.75) is 6.92 Å². The molecule has 0 aliphatic carbocycles. The van der Waals surface area contributed by atoms with Crippen molar-refractivity contribution in [1.82, 2.24) is 4.98 Å². The smallest absolute Gasteiger partial charge is 0.337 e. The molecule has 10 heteroatoms. The van der Waals surface area contributed by atoms with Crippen LogP contribution in [0.2, 0.25) is 0 Å². The standard InChI is InChI=1S/C16H16N4O6/c1-3-26-15-12(20(23)24)6-10(7-13(15)25-2)8-18-19-14-5-4-11(9-17-14)16(21)22/h4-9H,3H2,1-2H3,(H,17,19)(H,21,22)/b18-8+. The van der Waals surface area contributed by atoms with Crippen LogP contribution in [0.5, 0.6) is 11.5 Å². The van der Waals surface area contributed by atoms with Crippen LogP contribution in [-0.4, -0.2) is 40.9 Å². The third-order valence-electron chi connectivity index (χ3n) is 3.17. The van der Waals surface area contributed by atoms with E-state index < -0.39 is 10.9 Å². The number of hydrogen-bond donors (Lipinski definition) is 2. The Hall–Kier alpha value is -3.69. The van der Waals surface area contributed by atoms with Crippen LogP contribution in [0.4, 0.5) is 11.5 Å². The van der Waals surface area contributed by atoms with Gasteiger partial charge in [0.15, 0.2) is 5.75 Å². The Bertz CT molecular complexity index is 835. The number of carboxylic acid groups (broad SMARTS) is 1. The molecular formula is C16H16N4O6. The van der Waals surface area contributed by atoms with E-state index in [9.17, 15) is 14.9 Å². The Kier molecular flexibility index (Phi) is 6.04. The van der Waals surface area contributed by atoms with Gasteiger partial charge in [-0.2, -0.15) is 5.10 Å². The molecule has 0 aliphatic rings. The molecule has 0 amide bonds. The monoisotopic (exact) mass is 360 g/mol. The number of rotatable bonds is 8. The summed E-state index contributed by atoms with van der Waals surface area (Å²) < 4.78 is 10.4. The highest BCUT2D eigenvalue weighted by atomic mass is 16.6. The van der Waals surface area contributed by atoms with Crippen molar-refractivity contribution in [2.75, 3.05) is 19.1 Å². The molecule has 2 rings (SSSR count). The number of nitro benzene ring substituents is 1. The largest absolute Gasteiger partial charge is 0.493 e. The summed E-state index contributed by atoms with van der Waals surface area (Å²) in [5.74, 6) is -0.498. The van der Waals surface area contributed by atoms with Crippen LogP contribution in [-0.2, 0) is 0 Å². The summed E-state index contributed by atoms with van der Waals surface area (Å²) in [4.78, 5) is 25.3. The fraction of sp³-hybridized carbons (Fsp3) is 0.188. The van der Waals surface area contributed by atoms with Gasteiger partial charge < -0.3 is 14.6 Å². The quantitative estimate of drug-likeness (QED) is 0.416. The maximum atomic E-state index is 11.3. The number of nitro groups is 1. The van der Waals surface area contributed by atoms with Gasteiger partial charge in [-0.05, 0) is 25.1 Å². The summed E-state index contributed by atoms with van der Waals surface area (Å²) in [6.45, 7) is 1.97. The summed E-state index contributed by atoms with van der Waals surface area (Å²) in [7, 11) is 1.38. The fourth-order valence-corrected chi connectivity index (χ4v) is 2.02. The van der Waals surface area contributed by atoms with Gasteiger partial charge in [-0.15, -0.1) is 0 Å². The normalized spacial score (nSPS) is 10.5. The minimum atomic E-state index is -1.08. The van der Waals surface area contributed by atoms with Crippen LogP contribution in [0.25, 0.3) is 0 Å². The van der Waals surface area contributed by atoms with Crippen molar-refractivity contribution in [1.29, 1.82) is 0 Å². The van der Waals surface area contributed by atoms with E-state index in [0.29, 0.717) is 11.4 Å². The van der Waals surface area contributed by atoms with Crippen molar-refractivity contribution in [3.63, 3.8) is 0 Å². The Labute approximate surface area is 148 Å². The lowest BCUT2D eigenvalue weighted by atomic mass is 10.2. The summed E-state index contributed by atoms with van der Waals surface area (Å²) in [6, 6.07) is 5.67. The number of nitrogens with one attached hydrogen (secondary N) is 1. The summed E-state index contributed by atoms with van der Waals surface area (Å²) >= 11 is 0. The molecule has 1 heterocycles. The molecule has 26 heavy (non-hydrogen) atoms. The van der Waals surface area contributed by atoms with Gasteiger partial charge in [-0.1, -0.05) is 0 Å². The molecule has 0 saturated carbocycles. The number of aromatic nitrogens is 1. The molecule has 0 fully saturated rings. The third-order valence-corrected chi connectivity index (χ3v) is 3.17. The first-order valence-corrected chi connectivity index (χ1v) is 7.44. The molecule has 1 aromatic heterocycles. The van der Waals surface area contributed by atoms with Crippen molar-refractivity contribution >= 4 is 23.7 Å². The third kappa shape index (κ3) is 4.44. The molecule has 0 spiro atoms. The zero-order valence-electron chi connectivity index (χ0n) is 14.0. The first-order valence-electron chi connectivity index (χ1n) is 7.44. The maximum absolute atomic E-state index is 11.3. The van der Waals surface area contributed by atoms with E-state index in [2.05, 4.69) is 15.5 Å². The Morgan fingerprint density at radius 1 is 1.46 bits per heavy atom. The summed E-state index contributed by atoms with van der Waals surface area (Å²) in [5.41, 5.74) is 2.83. The molecule has 1 aromatic carbocycles. The van der Waals surface area contributed by atoms with Crippen LogP contribution in [0.3, 0.4) is 0 Å². The number of pyridine rings is 1. The van der Waals surface area contributed by atoms with Gasteiger partial charge >= 0.3 is 11.7 Å². The summed E-state index contributed by atoms with van der Waals surface area (Å²) in [6.07, 6.45) is 2.53. The number of methoxy groups -OCH3 is 1. The van der Waals surface area contributed by atoms with Gasteiger partial charge in [-0.25, -0.2) is 9.78 Å². The fourth-order valence-electron chi connectivity index (χ4n) is 2.02. The lowest BCUT2D eigenvalue weighted by Crippen LogP contribution is -2.02. The number of carboxylic acids is 1. The van der Waals surface area contributed by atoms with Gasteiger partial charge in [-0.3, -0.25) is 15.5 Å². The van der Waals surface area contributed by atoms with Crippen LogP contribution >= 0.6 is 0 Å². The van der Waals surface area contributed by atoms with Crippen molar-refractivity contribution in [2.24, 2.45) is 5.10 Å². The van der Waals surface area contributed by atoms with Crippen molar-refractivity contribution in [3.05, 3.63) is 51.7 Å². The highest BCUT2D eigenvalue weighted by Crippen LogP contribution is 2.37. The molecule has 0 bridgehead atoms. The lowest BCUT2D eigenvalue weighted by molar-refractivity contribution is -0.385. The van der Waals surface area contributed by atoms with E-state index >= 15 is 0 Å². The molecule has 136 valence electrons. The van der Waals surface area contributed by atoms with Gasteiger partial charge in [0, 0.05) is 17.8 Å². The number of aromatic carboxylic acids is 1. The predicted molar refractivity (Wildman–Crippen MR) is 93.2 cm³/mol. The van der Waals surface area contributed by atoms with E-state index in [0.717, 1.165) is 0 Å². The number of anilines is 1. The molecule has 10 nitrogen and oxygen atoms in total. The van der Waals surface area contributed by atoms with Crippen LogP contribution in [0.15, 0.2) is 35.6 Å². The highest BCUT2D eigenvalue weighted by molar-refractivity contribution is 5.87. The highest BCUT2D eigenvalue weighted by Gasteiger charge is 2.21. The van der Waals surface area contributed by atoms with Gasteiger partial charge in [0.25, 0.3) is 0 Å². The van der Waals surface area contributed by atoms with E-state index in [1.54, 1.807) is 13.0 Å². The van der Waals surface area contributed by atoms with Crippen molar-refractivity contribution in [3.8, 4) is 11.5 Å². The maximum Gasteiger partial charge on any atom is 0.337 e. The minimum Gasteiger partial charge on any atom is -0.493 e. The second-order valence-corrected chi connectivity index (χ2v) is 4.87. The van der Waals surface area contributed by atoms with Crippen LogP contribution in [0.1, 0.15) is 22.8 Å². The number of nitrogens with zero attached hydrogens (tertiary/aromatic N) is 3. The molecule has 2 N–H and O–H groups in total. The van der Waals surface area contributed by atoms with E-state index in [1.807, 2.05) is 0 Å². The average molecular weight is 360 g/mol. The van der Waals surface area contributed by atoms with E-state index in [1.165, 1.54) is 37.7 Å². The molecule has 0 radical (unpaired) electrons. The molecule has 0 saturated heterocycles. The van der Waals surface area contributed by atoms with Gasteiger partial charge in [0.2, 0.25) is 5.75 Å². The summed E-state index contributed by atoms with van der Waals surface area (Å²) in [5, 5.41) is 24.0. The molecule has 0 atom stereocenters. The second-order valence-electron chi connectivity index (χ2n) is 4.87. The second kappa shape index (κ2) is 8.42. The Morgan fingerprint density at radius 3 is 2.77 bits per heavy atom.